The number of β-amino-alcohol motifs (C(OH)–C–C–N with tert-alkyl or cyclic N) is 1. The number of carbonyl (C=O) groups is 1. The number of rotatable bonds is 3. The van der Waals surface area contributed by atoms with Crippen LogP contribution in [0.15, 0.2) is 18.2 Å². The van der Waals surface area contributed by atoms with Crippen molar-refractivity contribution >= 4 is 5.91 Å². The first-order chi connectivity index (χ1) is 8.52. The SMILES string of the molecule is O=C(NCC1(O)CCNC1)c1c(O)cccc1O. The van der Waals surface area contributed by atoms with Gasteiger partial charge >= 0.3 is 0 Å². The number of aliphatic hydroxyl groups is 1. The lowest BCUT2D eigenvalue weighted by Gasteiger charge is -2.21. The van der Waals surface area contributed by atoms with Crippen LogP contribution in [0.3, 0.4) is 0 Å². The summed E-state index contributed by atoms with van der Waals surface area (Å²) < 4.78 is 0. The maximum absolute atomic E-state index is 11.8. The van der Waals surface area contributed by atoms with Crippen LogP contribution in [-0.4, -0.2) is 46.5 Å². The molecule has 6 nitrogen and oxygen atoms in total. The van der Waals surface area contributed by atoms with Crippen molar-refractivity contribution in [1.29, 1.82) is 0 Å². The molecule has 98 valence electrons. The standard InChI is InChI=1S/C12H16N2O4/c15-8-2-1-3-9(16)10(8)11(17)14-7-12(18)4-5-13-6-12/h1-3,13,15-16,18H,4-7H2,(H,14,17). The van der Waals surface area contributed by atoms with Crippen LogP contribution in [0.4, 0.5) is 0 Å². The molecule has 0 bridgehead atoms. The number of phenols is 2. The molecule has 6 heteroatoms. The number of carbonyl (C=O) groups excluding carboxylic acids is 1. The minimum absolute atomic E-state index is 0.0760. The molecule has 2 rings (SSSR count). The molecule has 0 saturated carbocycles. The molecular formula is C12H16N2O4. The fourth-order valence-corrected chi connectivity index (χ4v) is 1.98. The highest BCUT2D eigenvalue weighted by Crippen LogP contribution is 2.26. The van der Waals surface area contributed by atoms with Gasteiger partial charge in [-0.3, -0.25) is 4.79 Å². The molecule has 5 N–H and O–H groups in total. The molecule has 1 aliphatic rings. The summed E-state index contributed by atoms with van der Waals surface area (Å²) in [6.07, 6.45) is 0.556. The van der Waals surface area contributed by atoms with Crippen LogP contribution in [0.1, 0.15) is 16.8 Å². The van der Waals surface area contributed by atoms with Crippen molar-refractivity contribution in [3.05, 3.63) is 23.8 Å². The van der Waals surface area contributed by atoms with Gasteiger partial charge < -0.3 is 26.0 Å². The Balaban J connectivity index is 2.04. The molecule has 1 saturated heterocycles. The van der Waals surface area contributed by atoms with Gasteiger partial charge in [-0.1, -0.05) is 6.07 Å². The van der Waals surface area contributed by atoms with E-state index in [-0.39, 0.29) is 23.6 Å². The second-order valence-electron chi connectivity index (χ2n) is 4.51. The molecule has 1 amide bonds. The van der Waals surface area contributed by atoms with Crippen molar-refractivity contribution in [2.45, 2.75) is 12.0 Å². The quantitative estimate of drug-likeness (QED) is 0.501. The van der Waals surface area contributed by atoms with E-state index in [0.29, 0.717) is 19.5 Å². The van der Waals surface area contributed by atoms with Crippen LogP contribution in [0.5, 0.6) is 11.5 Å². The van der Waals surface area contributed by atoms with Gasteiger partial charge in [-0.05, 0) is 25.1 Å². The predicted octanol–water partition coefficient (Wildman–Crippen LogP) is -0.448. The van der Waals surface area contributed by atoms with Crippen molar-refractivity contribution in [3.8, 4) is 11.5 Å². The van der Waals surface area contributed by atoms with Crippen molar-refractivity contribution in [2.75, 3.05) is 19.6 Å². The topological polar surface area (TPSA) is 102 Å². The number of aromatic hydroxyl groups is 2. The van der Waals surface area contributed by atoms with Crippen LogP contribution in [0.2, 0.25) is 0 Å². The van der Waals surface area contributed by atoms with E-state index in [2.05, 4.69) is 10.6 Å². The van der Waals surface area contributed by atoms with Gasteiger partial charge in [0, 0.05) is 13.1 Å². The average molecular weight is 252 g/mol. The highest BCUT2D eigenvalue weighted by Gasteiger charge is 2.31. The molecule has 1 aromatic carbocycles. The monoisotopic (exact) mass is 252 g/mol. The summed E-state index contributed by atoms with van der Waals surface area (Å²) in [5.74, 6) is -1.18. The van der Waals surface area contributed by atoms with Gasteiger partial charge in [-0.2, -0.15) is 0 Å². The zero-order valence-corrected chi connectivity index (χ0v) is 9.81. The molecule has 0 aliphatic carbocycles. The van der Waals surface area contributed by atoms with Crippen LogP contribution in [0, 0.1) is 0 Å². The van der Waals surface area contributed by atoms with E-state index < -0.39 is 11.5 Å². The lowest BCUT2D eigenvalue weighted by Crippen LogP contribution is -2.44. The Bertz CT molecular complexity index is 435. The number of nitrogens with one attached hydrogen (secondary N) is 2. The molecule has 1 aliphatic heterocycles. The van der Waals surface area contributed by atoms with Crippen LogP contribution in [0.25, 0.3) is 0 Å². The summed E-state index contributed by atoms with van der Waals surface area (Å²) in [5, 5.41) is 34.6. The molecule has 0 spiro atoms. The maximum Gasteiger partial charge on any atom is 0.258 e. The van der Waals surface area contributed by atoms with Crippen LogP contribution < -0.4 is 10.6 Å². The molecule has 0 radical (unpaired) electrons. The fourth-order valence-electron chi connectivity index (χ4n) is 1.98. The Hall–Kier alpha value is -1.79. The van der Waals surface area contributed by atoms with Gasteiger partial charge in [0.05, 0.1) is 5.60 Å². The summed E-state index contributed by atoms with van der Waals surface area (Å²) in [5.41, 5.74) is -1.14. The van der Waals surface area contributed by atoms with Crippen LogP contribution >= 0.6 is 0 Å². The zero-order chi connectivity index (χ0) is 13.2. The van der Waals surface area contributed by atoms with Crippen molar-refractivity contribution in [2.24, 2.45) is 0 Å². The van der Waals surface area contributed by atoms with E-state index in [1.54, 1.807) is 0 Å². The van der Waals surface area contributed by atoms with Gasteiger partial charge in [0.1, 0.15) is 17.1 Å². The van der Waals surface area contributed by atoms with Gasteiger partial charge in [0.15, 0.2) is 0 Å². The molecule has 1 atom stereocenters. The molecule has 1 aromatic rings. The number of benzene rings is 1. The number of hydrogen-bond donors (Lipinski definition) is 5. The first kappa shape index (κ1) is 12.7. The Morgan fingerprint density at radius 2 is 2.06 bits per heavy atom. The Morgan fingerprint density at radius 3 is 2.61 bits per heavy atom. The highest BCUT2D eigenvalue weighted by atomic mass is 16.3. The fraction of sp³-hybridized carbons (Fsp3) is 0.417. The zero-order valence-electron chi connectivity index (χ0n) is 9.81. The predicted molar refractivity (Wildman–Crippen MR) is 64.5 cm³/mol. The minimum atomic E-state index is -0.963. The number of phenolic OH excluding ortho intramolecular Hbond substituents is 2. The van der Waals surface area contributed by atoms with Gasteiger partial charge in [0.25, 0.3) is 5.91 Å². The van der Waals surface area contributed by atoms with E-state index in [4.69, 9.17) is 0 Å². The second kappa shape index (κ2) is 4.83. The maximum atomic E-state index is 11.8. The van der Waals surface area contributed by atoms with E-state index in [9.17, 15) is 20.1 Å². The Kier molecular flexibility index (Phi) is 3.40. The van der Waals surface area contributed by atoms with Crippen molar-refractivity contribution in [3.63, 3.8) is 0 Å². The van der Waals surface area contributed by atoms with Gasteiger partial charge in [0.2, 0.25) is 0 Å². The molecular weight excluding hydrogens is 236 g/mol. The lowest BCUT2D eigenvalue weighted by atomic mass is 10.0. The first-order valence-corrected chi connectivity index (χ1v) is 5.74. The molecule has 18 heavy (non-hydrogen) atoms. The molecule has 1 heterocycles. The highest BCUT2D eigenvalue weighted by molar-refractivity contribution is 5.99. The van der Waals surface area contributed by atoms with E-state index >= 15 is 0 Å². The molecule has 0 aromatic heterocycles. The summed E-state index contributed by atoms with van der Waals surface area (Å²) in [4.78, 5) is 11.8. The normalized spacial score (nSPS) is 22.9. The van der Waals surface area contributed by atoms with Crippen molar-refractivity contribution < 1.29 is 20.1 Å². The molecule has 1 unspecified atom stereocenters. The van der Waals surface area contributed by atoms with E-state index in [0.717, 1.165) is 0 Å². The minimum Gasteiger partial charge on any atom is -0.507 e. The van der Waals surface area contributed by atoms with E-state index in [1.807, 2.05) is 0 Å². The number of hydrogen-bond acceptors (Lipinski definition) is 5. The van der Waals surface area contributed by atoms with Crippen LogP contribution in [-0.2, 0) is 0 Å². The Morgan fingerprint density at radius 1 is 1.39 bits per heavy atom. The van der Waals surface area contributed by atoms with Gasteiger partial charge in [-0.15, -0.1) is 0 Å². The van der Waals surface area contributed by atoms with Gasteiger partial charge in [-0.25, -0.2) is 0 Å². The second-order valence-corrected chi connectivity index (χ2v) is 4.51. The first-order valence-electron chi connectivity index (χ1n) is 5.74. The third kappa shape index (κ3) is 2.55. The summed E-state index contributed by atoms with van der Waals surface area (Å²) in [7, 11) is 0. The third-order valence-electron chi connectivity index (χ3n) is 3.05. The third-order valence-corrected chi connectivity index (χ3v) is 3.05. The number of amides is 1. The summed E-state index contributed by atoms with van der Waals surface area (Å²) in [6, 6.07) is 4.08. The Labute approximate surface area is 104 Å². The summed E-state index contributed by atoms with van der Waals surface area (Å²) in [6.45, 7) is 1.20. The van der Waals surface area contributed by atoms with Crippen molar-refractivity contribution in [1.82, 2.24) is 10.6 Å². The average Bonchev–Trinajstić information content (AvgIpc) is 2.74. The largest absolute Gasteiger partial charge is 0.507 e. The summed E-state index contributed by atoms with van der Waals surface area (Å²) >= 11 is 0. The van der Waals surface area contributed by atoms with E-state index in [1.165, 1.54) is 18.2 Å². The smallest absolute Gasteiger partial charge is 0.258 e. The lowest BCUT2D eigenvalue weighted by molar-refractivity contribution is 0.0560. The molecule has 1 fully saturated rings.